The van der Waals surface area contributed by atoms with Crippen molar-refractivity contribution in [3.8, 4) is 0 Å². The first-order valence-electron chi connectivity index (χ1n) is 8.69. The molecule has 1 aromatic carbocycles. The lowest BCUT2D eigenvalue weighted by Gasteiger charge is -2.31. The largest absolute Gasteiger partial charge is 0.370 e. The maximum absolute atomic E-state index is 6.17. The molecule has 0 amide bonds. The average Bonchev–Trinajstić information content (AvgIpc) is 2.87. The van der Waals surface area contributed by atoms with Crippen LogP contribution in [-0.2, 0) is 0 Å². The summed E-state index contributed by atoms with van der Waals surface area (Å²) in [5, 5.41) is 3.30. The summed E-state index contributed by atoms with van der Waals surface area (Å²) >= 11 is 0. The fourth-order valence-corrected chi connectivity index (χ4v) is 5.53. The lowest BCUT2D eigenvalue weighted by molar-refractivity contribution is 0.210. The zero-order valence-corrected chi connectivity index (χ0v) is 13.7. The van der Waals surface area contributed by atoms with E-state index in [9.17, 15) is 0 Å². The van der Waals surface area contributed by atoms with Crippen LogP contribution in [0.2, 0.25) is 0 Å². The molecule has 0 aliphatic heterocycles. The Bertz CT molecular complexity index is 605. The van der Waals surface area contributed by atoms with Crippen LogP contribution in [0.5, 0.6) is 0 Å². The van der Waals surface area contributed by atoms with E-state index in [4.69, 9.17) is 10.7 Å². The van der Waals surface area contributed by atoms with Crippen molar-refractivity contribution < 1.29 is 0 Å². The monoisotopic (exact) mass is 297 g/mol. The van der Waals surface area contributed by atoms with E-state index in [-0.39, 0.29) is 0 Å². The van der Waals surface area contributed by atoms with Gasteiger partial charge in [-0.05, 0) is 86.3 Å². The van der Waals surface area contributed by atoms with E-state index in [2.05, 4.69) is 37.4 Å². The van der Waals surface area contributed by atoms with Crippen LogP contribution in [0.1, 0.15) is 43.2 Å². The van der Waals surface area contributed by atoms with Gasteiger partial charge in [0.2, 0.25) is 0 Å². The third kappa shape index (κ3) is 2.22. The molecule has 4 aliphatic rings. The molecule has 2 unspecified atom stereocenters. The van der Waals surface area contributed by atoms with Crippen molar-refractivity contribution >= 4 is 11.6 Å². The van der Waals surface area contributed by atoms with Gasteiger partial charge >= 0.3 is 0 Å². The fourth-order valence-electron chi connectivity index (χ4n) is 5.53. The van der Waals surface area contributed by atoms with Crippen LogP contribution < -0.4 is 11.1 Å². The third-order valence-electron chi connectivity index (χ3n) is 6.59. The Morgan fingerprint density at radius 1 is 1.23 bits per heavy atom. The van der Waals surface area contributed by atoms with Gasteiger partial charge in [0, 0.05) is 12.2 Å². The smallest absolute Gasteiger partial charge is 0.193 e. The second-order valence-corrected chi connectivity index (χ2v) is 7.98. The molecule has 5 rings (SSSR count). The highest BCUT2D eigenvalue weighted by Gasteiger charge is 2.57. The molecule has 4 aliphatic carbocycles. The highest BCUT2D eigenvalue weighted by molar-refractivity contribution is 5.93. The summed E-state index contributed by atoms with van der Waals surface area (Å²) in [6, 6.07) is 6.26. The van der Waals surface area contributed by atoms with Crippen LogP contribution in [0.4, 0.5) is 5.69 Å². The standard InChI is InChI=1S/C19H27N3/c1-12-4-3-5-17(13(12)2)22-18(20)21-11-19-9-14-6-15(10-19)8-16(19)7-14/h3-5,14-16H,6-11H2,1-2H3,(H3,20,21,22). The van der Waals surface area contributed by atoms with Crippen LogP contribution in [0.25, 0.3) is 0 Å². The van der Waals surface area contributed by atoms with Gasteiger partial charge in [0.15, 0.2) is 5.96 Å². The van der Waals surface area contributed by atoms with Gasteiger partial charge in [0.05, 0.1) is 0 Å². The Morgan fingerprint density at radius 3 is 2.68 bits per heavy atom. The quantitative estimate of drug-likeness (QED) is 0.657. The Morgan fingerprint density at radius 2 is 1.95 bits per heavy atom. The number of rotatable bonds is 3. The molecular formula is C19H27N3. The number of anilines is 1. The summed E-state index contributed by atoms with van der Waals surface area (Å²) in [5.74, 6) is 3.48. The van der Waals surface area contributed by atoms with Crippen LogP contribution in [0.3, 0.4) is 0 Å². The van der Waals surface area contributed by atoms with E-state index < -0.39 is 0 Å². The minimum atomic E-state index is 0.488. The molecule has 4 saturated carbocycles. The van der Waals surface area contributed by atoms with Gasteiger partial charge in [-0.2, -0.15) is 0 Å². The van der Waals surface area contributed by atoms with Gasteiger partial charge in [0.1, 0.15) is 0 Å². The minimum absolute atomic E-state index is 0.488. The Hall–Kier alpha value is -1.51. The third-order valence-corrected chi connectivity index (χ3v) is 6.59. The first-order valence-corrected chi connectivity index (χ1v) is 8.69. The molecule has 22 heavy (non-hydrogen) atoms. The number of benzene rings is 1. The van der Waals surface area contributed by atoms with Gasteiger partial charge in [-0.25, -0.2) is 0 Å². The summed E-state index contributed by atoms with van der Waals surface area (Å²) in [6.45, 7) is 5.18. The number of guanidine groups is 1. The molecule has 3 nitrogen and oxygen atoms in total. The molecule has 3 heteroatoms. The molecule has 0 radical (unpaired) electrons. The van der Waals surface area contributed by atoms with Crippen molar-refractivity contribution in [2.45, 2.75) is 46.0 Å². The first-order chi connectivity index (χ1) is 10.6. The summed E-state index contributed by atoms with van der Waals surface area (Å²) in [4.78, 5) is 4.74. The van der Waals surface area contributed by atoms with Crippen molar-refractivity contribution in [2.75, 3.05) is 11.9 Å². The molecule has 0 spiro atoms. The Balaban J connectivity index is 1.46. The topological polar surface area (TPSA) is 50.4 Å². The van der Waals surface area contributed by atoms with Crippen molar-refractivity contribution in [1.29, 1.82) is 0 Å². The van der Waals surface area contributed by atoms with Crippen LogP contribution in [0, 0.1) is 37.0 Å². The first kappa shape index (κ1) is 14.1. The van der Waals surface area contributed by atoms with E-state index in [1.165, 1.54) is 43.2 Å². The molecular weight excluding hydrogens is 270 g/mol. The summed E-state index contributed by atoms with van der Waals surface area (Å²) in [7, 11) is 0. The zero-order valence-electron chi connectivity index (χ0n) is 13.7. The molecule has 4 bridgehead atoms. The molecule has 118 valence electrons. The molecule has 2 atom stereocenters. The predicted octanol–water partition coefficient (Wildman–Crippen LogP) is 3.86. The molecule has 3 N–H and O–H groups in total. The minimum Gasteiger partial charge on any atom is -0.370 e. The SMILES string of the molecule is Cc1cccc(NC(N)=NCC23CC4CC(CC2C4)C3)c1C. The van der Waals surface area contributed by atoms with E-state index in [0.29, 0.717) is 11.4 Å². The van der Waals surface area contributed by atoms with Gasteiger partial charge in [-0.1, -0.05) is 12.1 Å². The second-order valence-electron chi connectivity index (χ2n) is 7.98. The lowest BCUT2D eigenvalue weighted by Crippen LogP contribution is -2.30. The average molecular weight is 297 g/mol. The lowest BCUT2D eigenvalue weighted by atomic mass is 9.75. The van der Waals surface area contributed by atoms with Gasteiger partial charge in [-0.3, -0.25) is 4.99 Å². The number of nitrogens with one attached hydrogen (secondary N) is 1. The highest BCUT2D eigenvalue weighted by Crippen LogP contribution is 2.65. The van der Waals surface area contributed by atoms with Crippen LogP contribution in [0.15, 0.2) is 23.2 Å². The van der Waals surface area contributed by atoms with Gasteiger partial charge in [0.25, 0.3) is 0 Å². The molecule has 0 saturated heterocycles. The van der Waals surface area contributed by atoms with Crippen molar-refractivity contribution in [2.24, 2.45) is 33.9 Å². The second kappa shape index (κ2) is 5.00. The maximum atomic E-state index is 6.17. The summed E-state index contributed by atoms with van der Waals surface area (Å²) in [5.41, 5.74) is 10.3. The molecule has 0 heterocycles. The normalized spacial score (nSPS) is 36.1. The van der Waals surface area contributed by atoms with Gasteiger partial charge in [-0.15, -0.1) is 0 Å². The number of nitrogens with two attached hydrogens (primary N) is 1. The van der Waals surface area contributed by atoms with Crippen LogP contribution in [-0.4, -0.2) is 12.5 Å². The molecule has 4 fully saturated rings. The highest BCUT2D eigenvalue weighted by atomic mass is 15.1. The fraction of sp³-hybridized carbons (Fsp3) is 0.632. The number of aryl methyl sites for hydroxylation is 1. The Kier molecular flexibility index (Phi) is 3.21. The molecule has 1 aromatic rings. The van der Waals surface area contributed by atoms with Crippen molar-refractivity contribution in [3.05, 3.63) is 29.3 Å². The summed E-state index contributed by atoms with van der Waals surface area (Å²) < 4.78 is 0. The van der Waals surface area contributed by atoms with Crippen molar-refractivity contribution in [3.63, 3.8) is 0 Å². The van der Waals surface area contributed by atoms with Crippen molar-refractivity contribution in [1.82, 2.24) is 0 Å². The maximum Gasteiger partial charge on any atom is 0.193 e. The molecule has 0 aromatic heterocycles. The Labute approximate surface area is 133 Å². The van der Waals surface area contributed by atoms with Gasteiger partial charge < -0.3 is 11.1 Å². The van der Waals surface area contributed by atoms with E-state index in [1.807, 2.05) is 0 Å². The van der Waals surface area contributed by atoms with E-state index in [0.717, 1.165) is 30.0 Å². The number of hydrogen-bond acceptors (Lipinski definition) is 1. The number of nitrogens with zero attached hydrogens (tertiary/aromatic N) is 1. The zero-order chi connectivity index (χ0) is 15.3. The summed E-state index contributed by atoms with van der Waals surface area (Å²) in [6.07, 6.45) is 7.19. The van der Waals surface area contributed by atoms with E-state index >= 15 is 0 Å². The van der Waals surface area contributed by atoms with Crippen LogP contribution >= 0.6 is 0 Å². The number of hydrogen-bond donors (Lipinski definition) is 2. The van der Waals surface area contributed by atoms with E-state index in [1.54, 1.807) is 0 Å². The predicted molar refractivity (Wildman–Crippen MR) is 92.0 cm³/mol. The number of aliphatic imine (C=N–C) groups is 1.